The van der Waals surface area contributed by atoms with Gasteiger partial charge in [-0.2, -0.15) is 0 Å². The van der Waals surface area contributed by atoms with Gasteiger partial charge in [0, 0.05) is 17.8 Å². The Morgan fingerprint density at radius 1 is 0.923 bits per heavy atom. The summed E-state index contributed by atoms with van der Waals surface area (Å²) in [7, 11) is 1.54. The fourth-order valence-corrected chi connectivity index (χ4v) is 2.76. The number of fused-ring (bicyclic) bond motifs is 1. The van der Waals surface area contributed by atoms with Crippen LogP contribution in [0.4, 0.5) is 5.69 Å². The zero-order chi connectivity index (χ0) is 18.5. The van der Waals surface area contributed by atoms with Crippen LogP contribution in [0.15, 0.2) is 60.7 Å². The molecule has 0 saturated carbocycles. The fourth-order valence-electron chi connectivity index (χ4n) is 2.76. The van der Waals surface area contributed by atoms with E-state index in [1.807, 2.05) is 37.3 Å². The molecule has 5 heteroatoms. The number of anilines is 1. The molecule has 0 aromatic heterocycles. The monoisotopic (exact) mass is 348 g/mol. The molecule has 2 N–H and O–H groups in total. The molecule has 0 aliphatic heterocycles. The molecule has 3 aromatic rings. The molecule has 0 saturated heterocycles. The standard InChI is InChI=1S/C21H20N2O3/c1-3-22-20(24)16-9-6-10-17(11-16)23-21(25)18-12-14-7-4-5-8-15(14)13-19(18)26-2/h4-13H,3H2,1-2H3,(H,22,24)(H,23,25). The summed E-state index contributed by atoms with van der Waals surface area (Å²) < 4.78 is 5.38. The van der Waals surface area contributed by atoms with Crippen molar-refractivity contribution in [2.24, 2.45) is 0 Å². The van der Waals surface area contributed by atoms with Crippen LogP contribution in [0.5, 0.6) is 5.75 Å². The molecule has 26 heavy (non-hydrogen) atoms. The number of benzene rings is 3. The summed E-state index contributed by atoms with van der Waals surface area (Å²) in [6.45, 7) is 2.40. The van der Waals surface area contributed by atoms with Gasteiger partial charge in [0.15, 0.2) is 0 Å². The second-order valence-corrected chi connectivity index (χ2v) is 5.79. The number of nitrogens with one attached hydrogen (secondary N) is 2. The molecular formula is C21H20N2O3. The first kappa shape index (κ1) is 17.5. The summed E-state index contributed by atoms with van der Waals surface area (Å²) in [5, 5.41) is 7.53. The lowest BCUT2D eigenvalue weighted by atomic mass is 10.0. The van der Waals surface area contributed by atoms with E-state index in [-0.39, 0.29) is 11.8 Å². The Morgan fingerprint density at radius 3 is 2.35 bits per heavy atom. The molecule has 0 bridgehead atoms. The number of carbonyl (C=O) groups is 2. The quantitative estimate of drug-likeness (QED) is 0.736. The molecule has 0 fully saturated rings. The molecule has 3 rings (SSSR count). The average molecular weight is 348 g/mol. The van der Waals surface area contributed by atoms with Gasteiger partial charge in [0.2, 0.25) is 0 Å². The summed E-state index contributed by atoms with van der Waals surface area (Å²) in [6, 6.07) is 18.3. The van der Waals surface area contributed by atoms with E-state index in [1.54, 1.807) is 30.3 Å². The van der Waals surface area contributed by atoms with Gasteiger partial charge in [-0.1, -0.05) is 30.3 Å². The van der Waals surface area contributed by atoms with Gasteiger partial charge in [0.25, 0.3) is 11.8 Å². The summed E-state index contributed by atoms with van der Waals surface area (Å²) >= 11 is 0. The van der Waals surface area contributed by atoms with Crippen molar-refractivity contribution in [1.29, 1.82) is 0 Å². The number of ether oxygens (including phenoxy) is 1. The minimum absolute atomic E-state index is 0.174. The van der Waals surface area contributed by atoms with Gasteiger partial charge < -0.3 is 15.4 Å². The van der Waals surface area contributed by atoms with E-state index >= 15 is 0 Å². The van der Waals surface area contributed by atoms with Crippen molar-refractivity contribution in [2.45, 2.75) is 6.92 Å². The average Bonchev–Trinajstić information content (AvgIpc) is 2.67. The third kappa shape index (κ3) is 3.67. The van der Waals surface area contributed by atoms with Gasteiger partial charge in [-0.05, 0) is 48.0 Å². The Kier molecular flexibility index (Phi) is 5.17. The lowest BCUT2D eigenvalue weighted by Gasteiger charge is -2.12. The topological polar surface area (TPSA) is 67.4 Å². The van der Waals surface area contributed by atoms with Crippen LogP contribution in [-0.2, 0) is 0 Å². The second kappa shape index (κ2) is 7.70. The van der Waals surface area contributed by atoms with Crippen LogP contribution in [-0.4, -0.2) is 25.5 Å². The molecular weight excluding hydrogens is 328 g/mol. The molecule has 0 spiro atoms. The zero-order valence-corrected chi connectivity index (χ0v) is 14.7. The number of methoxy groups -OCH3 is 1. The highest BCUT2D eigenvalue weighted by molar-refractivity contribution is 6.09. The highest BCUT2D eigenvalue weighted by Crippen LogP contribution is 2.27. The van der Waals surface area contributed by atoms with Gasteiger partial charge in [-0.3, -0.25) is 9.59 Å². The number of amides is 2. The molecule has 5 nitrogen and oxygen atoms in total. The first-order valence-corrected chi connectivity index (χ1v) is 8.38. The van der Waals surface area contributed by atoms with Crippen molar-refractivity contribution in [3.8, 4) is 5.75 Å². The maximum atomic E-state index is 12.8. The van der Waals surface area contributed by atoms with Gasteiger partial charge in [-0.15, -0.1) is 0 Å². The van der Waals surface area contributed by atoms with Crippen molar-refractivity contribution in [3.63, 3.8) is 0 Å². The first-order valence-electron chi connectivity index (χ1n) is 8.38. The second-order valence-electron chi connectivity index (χ2n) is 5.79. The maximum absolute atomic E-state index is 12.8. The van der Waals surface area contributed by atoms with E-state index in [9.17, 15) is 9.59 Å². The molecule has 0 heterocycles. The van der Waals surface area contributed by atoms with E-state index in [0.29, 0.717) is 29.1 Å². The SMILES string of the molecule is CCNC(=O)c1cccc(NC(=O)c2cc3ccccc3cc2OC)c1. The van der Waals surface area contributed by atoms with Crippen LogP contribution in [0, 0.1) is 0 Å². The van der Waals surface area contributed by atoms with E-state index in [0.717, 1.165) is 10.8 Å². The van der Waals surface area contributed by atoms with E-state index < -0.39 is 0 Å². The molecule has 0 aliphatic rings. The lowest BCUT2D eigenvalue weighted by molar-refractivity contribution is 0.0954. The summed E-state index contributed by atoms with van der Waals surface area (Å²) in [5.74, 6) is 0.0358. The third-order valence-electron chi connectivity index (χ3n) is 4.03. The van der Waals surface area contributed by atoms with Crippen LogP contribution >= 0.6 is 0 Å². The van der Waals surface area contributed by atoms with Crippen LogP contribution in [0.25, 0.3) is 10.8 Å². The minimum atomic E-state index is -0.291. The van der Waals surface area contributed by atoms with Gasteiger partial charge in [0.05, 0.1) is 12.7 Å². The predicted octanol–water partition coefficient (Wildman–Crippen LogP) is 3.85. The Bertz CT molecular complexity index is 966. The highest BCUT2D eigenvalue weighted by atomic mass is 16.5. The first-order chi connectivity index (χ1) is 12.6. The van der Waals surface area contributed by atoms with Gasteiger partial charge >= 0.3 is 0 Å². The van der Waals surface area contributed by atoms with Crippen molar-refractivity contribution in [2.75, 3.05) is 19.0 Å². The summed E-state index contributed by atoms with van der Waals surface area (Å²) in [4.78, 5) is 24.7. The van der Waals surface area contributed by atoms with E-state index in [1.165, 1.54) is 7.11 Å². The number of rotatable bonds is 5. The van der Waals surface area contributed by atoms with Crippen molar-refractivity contribution in [3.05, 3.63) is 71.8 Å². The zero-order valence-electron chi connectivity index (χ0n) is 14.7. The van der Waals surface area contributed by atoms with Gasteiger partial charge in [0.1, 0.15) is 5.75 Å². The third-order valence-corrected chi connectivity index (χ3v) is 4.03. The molecule has 0 aliphatic carbocycles. The van der Waals surface area contributed by atoms with E-state index in [2.05, 4.69) is 10.6 Å². The number of hydrogen-bond acceptors (Lipinski definition) is 3. The fraction of sp³-hybridized carbons (Fsp3) is 0.143. The summed E-state index contributed by atoms with van der Waals surface area (Å²) in [6.07, 6.45) is 0. The Hall–Kier alpha value is -3.34. The van der Waals surface area contributed by atoms with Gasteiger partial charge in [-0.25, -0.2) is 0 Å². The van der Waals surface area contributed by atoms with Crippen molar-refractivity contribution < 1.29 is 14.3 Å². The molecule has 0 atom stereocenters. The van der Waals surface area contributed by atoms with Crippen LogP contribution in [0.2, 0.25) is 0 Å². The Labute approximate surface area is 152 Å². The van der Waals surface area contributed by atoms with E-state index in [4.69, 9.17) is 4.74 Å². The van der Waals surface area contributed by atoms with Crippen LogP contribution in [0.1, 0.15) is 27.6 Å². The molecule has 0 radical (unpaired) electrons. The predicted molar refractivity (Wildman–Crippen MR) is 103 cm³/mol. The number of hydrogen-bond donors (Lipinski definition) is 2. The van der Waals surface area contributed by atoms with Crippen molar-refractivity contribution in [1.82, 2.24) is 5.32 Å². The molecule has 132 valence electrons. The number of carbonyl (C=O) groups excluding carboxylic acids is 2. The van der Waals surface area contributed by atoms with Crippen molar-refractivity contribution >= 4 is 28.3 Å². The maximum Gasteiger partial charge on any atom is 0.259 e. The molecule has 2 amide bonds. The smallest absolute Gasteiger partial charge is 0.259 e. The Morgan fingerprint density at radius 2 is 1.65 bits per heavy atom. The largest absolute Gasteiger partial charge is 0.496 e. The normalized spacial score (nSPS) is 10.4. The lowest BCUT2D eigenvalue weighted by Crippen LogP contribution is -2.22. The molecule has 0 unspecified atom stereocenters. The Balaban J connectivity index is 1.89. The minimum Gasteiger partial charge on any atom is -0.496 e. The molecule has 3 aromatic carbocycles. The van der Waals surface area contributed by atoms with Crippen LogP contribution < -0.4 is 15.4 Å². The highest BCUT2D eigenvalue weighted by Gasteiger charge is 2.14. The van der Waals surface area contributed by atoms with Crippen LogP contribution in [0.3, 0.4) is 0 Å². The summed E-state index contributed by atoms with van der Waals surface area (Å²) in [5.41, 5.74) is 1.48.